The fourth-order valence-corrected chi connectivity index (χ4v) is 3.75. The molecule has 0 spiro atoms. The van der Waals surface area contributed by atoms with Crippen molar-refractivity contribution in [1.29, 1.82) is 0 Å². The molecule has 134 valence electrons. The molecule has 1 aromatic heterocycles. The minimum absolute atomic E-state index is 0. The first kappa shape index (κ1) is 17.8. The first-order valence-electron chi connectivity index (χ1n) is 8.60. The number of nitrogens with one attached hydrogen (secondary N) is 1. The summed E-state index contributed by atoms with van der Waals surface area (Å²) in [5.74, 6) is 1.21. The average molecular weight is 363 g/mol. The Morgan fingerprint density at radius 1 is 1.16 bits per heavy atom. The number of nitrogens with zero attached hydrogens (tertiary/aromatic N) is 1. The zero-order valence-electron chi connectivity index (χ0n) is 14.0. The number of fused-ring (bicyclic) bond motifs is 2. The van der Waals surface area contributed by atoms with E-state index < -0.39 is 0 Å². The van der Waals surface area contributed by atoms with Crippen LogP contribution in [0.4, 0.5) is 0 Å². The molecule has 2 aliphatic rings. The molecule has 2 fully saturated rings. The van der Waals surface area contributed by atoms with E-state index in [9.17, 15) is 4.79 Å². The molecule has 6 heteroatoms. The predicted molar refractivity (Wildman–Crippen MR) is 97.2 cm³/mol. The van der Waals surface area contributed by atoms with Crippen LogP contribution in [0.3, 0.4) is 0 Å². The maximum absolute atomic E-state index is 13.1. The summed E-state index contributed by atoms with van der Waals surface area (Å²) in [6.07, 6.45) is 4.75. The Kier molecular flexibility index (Phi) is 5.66. The molecule has 25 heavy (non-hydrogen) atoms. The van der Waals surface area contributed by atoms with Crippen molar-refractivity contribution in [3.8, 4) is 5.75 Å². The van der Waals surface area contributed by atoms with Crippen LogP contribution >= 0.6 is 12.4 Å². The summed E-state index contributed by atoms with van der Waals surface area (Å²) < 4.78 is 11.3. The molecule has 2 saturated heterocycles. The number of ether oxygens (including phenoxy) is 1. The van der Waals surface area contributed by atoms with Crippen LogP contribution in [0.15, 0.2) is 47.1 Å². The molecule has 0 radical (unpaired) electrons. The molecule has 0 saturated carbocycles. The number of rotatable bonds is 4. The standard InChI is InChI=1S/C19H22N2O3.ClH/c22-19(21-15-6-7-16(21)12-20-10-8-15)18-14(9-11-23-18)13-24-17-4-2-1-3-5-17;/h1-5,9,11,15-16,20H,6-8,10,12-13H2;1H. The van der Waals surface area contributed by atoms with E-state index in [-0.39, 0.29) is 24.4 Å². The second-order valence-corrected chi connectivity index (χ2v) is 6.47. The van der Waals surface area contributed by atoms with Crippen LogP contribution < -0.4 is 10.1 Å². The van der Waals surface area contributed by atoms with Gasteiger partial charge in [-0.05, 0) is 44.0 Å². The van der Waals surface area contributed by atoms with Gasteiger partial charge in [0.15, 0.2) is 5.76 Å². The molecule has 3 heterocycles. The largest absolute Gasteiger partial charge is 0.489 e. The second kappa shape index (κ2) is 7.93. The second-order valence-electron chi connectivity index (χ2n) is 6.47. The Morgan fingerprint density at radius 3 is 2.80 bits per heavy atom. The lowest BCUT2D eigenvalue weighted by Crippen LogP contribution is -2.42. The van der Waals surface area contributed by atoms with E-state index in [0.717, 1.165) is 43.7 Å². The third-order valence-electron chi connectivity index (χ3n) is 4.97. The van der Waals surface area contributed by atoms with Crippen molar-refractivity contribution < 1.29 is 13.9 Å². The summed E-state index contributed by atoms with van der Waals surface area (Å²) >= 11 is 0. The van der Waals surface area contributed by atoms with Gasteiger partial charge in [0.1, 0.15) is 12.4 Å². The van der Waals surface area contributed by atoms with Crippen LogP contribution in [-0.4, -0.2) is 36.0 Å². The zero-order valence-corrected chi connectivity index (χ0v) is 14.8. The molecule has 1 N–H and O–H groups in total. The summed E-state index contributed by atoms with van der Waals surface area (Å²) in [5.41, 5.74) is 0.806. The van der Waals surface area contributed by atoms with Crippen LogP contribution in [0.2, 0.25) is 0 Å². The molecule has 4 rings (SSSR count). The molecule has 1 amide bonds. The Morgan fingerprint density at radius 2 is 1.96 bits per heavy atom. The number of amides is 1. The van der Waals surface area contributed by atoms with Crippen LogP contribution in [0.25, 0.3) is 0 Å². The quantitative estimate of drug-likeness (QED) is 0.907. The lowest BCUT2D eigenvalue weighted by atomic mass is 10.1. The highest BCUT2D eigenvalue weighted by atomic mass is 35.5. The molecule has 5 nitrogen and oxygen atoms in total. The van der Waals surface area contributed by atoms with Crippen molar-refractivity contribution in [3.63, 3.8) is 0 Å². The third-order valence-corrected chi connectivity index (χ3v) is 4.97. The van der Waals surface area contributed by atoms with Crippen molar-refractivity contribution >= 4 is 18.3 Å². The van der Waals surface area contributed by atoms with Crippen LogP contribution in [-0.2, 0) is 6.61 Å². The van der Waals surface area contributed by atoms with Gasteiger partial charge in [-0.15, -0.1) is 12.4 Å². The van der Waals surface area contributed by atoms with Gasteiger partial charge in [0, 0.05) is 24.2 Å². The van der Waals surface area contributed by atoms with Gasteiger partial charge < -0.3 is 19.4 Å². The highest BCUT2D eigenvalue weighted by molar-refractivity contribution is 5.93. The molecule has 2 bridgehead atoms. The zero-order chi connectivity index (χ0) is 16.4. The third kappa shape index (κ3) is 3.67. The molecular formula is C19H23ClN2O3. The van der Waals surface area contributed by atoms with Crippen molar-refractivity contribution in [2.75, 3.05) is 13.1 Å². The molecule has 2 aliphatic heterocycles. The number of benzene rings is 1. The smallest absolute Gasteiger partial charge is 0.290 e. The molecule has 1 aromatic carbocycles. The van der Waals surface area contributed by atoms with E-state index in [1.165, 1.54) is 0 Å². The van der Waals surface area contributed by atoms with Gasteiger partial charge in [0.25, 0.3) is 5.91 Å². The number of hydrogen-bond donors (Lipinski definition) is 1. The maximum Gasteiger partial charge on any atom is 0.290 e. The fraction of sp³-hybridized carbons (Fsp3) is 0.421. The van der Waals surface area contributed by atoms with Gasteiger partial charge >= 0.3 is 0 Å². The van der Waals surface area contributed by atoms with E-state index in [1.54, 1.807) is 6.26 Å². The summed E-state index contributed by atoms with van der Waals surface area (Å²) in [6.45, 7) is 2.19. The Bertz CT molecular complexity index is 690. The van der Waals surface area contributed by atoms with Gasteiger partial charge in [0.05, 0.1) is 6.26 Å². The molecule has 2 atom stereocenters. The van der Waals surface area contributed by atoms with Crippen LogP contribution in [0.5, 0.6) is 5.75 Å². The van der Waals surface area contributed by atoms with E-state index in [2.05, 4.69) is 5.32 Å². The fourth-order valence-electron chi connectivity index (χ4n) is 3.75. The number of carbonyl (C=O) groups excluding carboxylic acids is 1. The summed E-state index contributed by atoms with van der Waals surface area (Å²) in [7, 11) is 0. The highest BCUT2D eigenvalue weighted by Crippen LogP contribution is 2.30. The minimum Gasteiger partial charge on any atom is -0.489 e. The topological polar surface area (TPSA) is 54.7 Å². The number of halogens is 1. The lowest BCUT2D eigenvalue weighted by Gasteiger charge is -2.27. The minimum atomic E-state index is 0. The molecule has 2 aromatic rings. The lowest BCUT2D eigenvalue weighted by molar-refractivity contribution is 0.0643. The van der Waals surface area contributed by atoms with Gasteiger partial charge in [-0.25, -0.2) is 0 Å². The van der Waals surface area contributed by atoms with Gasteiger partial charge in [-0.1, -0.05) is 18.2 Å². The van der Waals surface area contributed by atoms with Crippen molar-refractivity contribution in [3.05, 3.63) is 54.0 Å². The van der Waals surface area contributed by atoms with Gasteiger partial charge in [0.2, 0.25) is 0 Å². The van der Waals surface area contributed by atoms with E-state index >= 15 is 0 Å². The monoisotopic (exact) mass is 362 g/mol. The number of para-hydroxylation sites is 1. The van der Waals surface area contributed by atoms with E-state index in [1.807, 2.05) is 41.3 Å². The van der Waals surface area contributed by atoms with Crippen molar-refractivity contribution in [2.24, 2.45) is 0 Å². The normalized spacial score (nSPS) is 22.2. The summed E-state index contributed by atoms with van der Waals surface area (Å²) in [5, 5.41) is 3.42. The van der Waals surface area contributed by atoms with Gasteiger partial charge in [-0.3, -0.25) is 4.79 Å². The van der Waals surface area contributed by atoms with E-state index in [0.29, 0.717) is 18.4 Å². The first-order chi connectivity index (χ1) is 11.8. The van der Waals surface area contributed by atoms with Crippen molar-refractivity contribution in [1.82, 2.24) is 10.2 Å². The Labute approximate surface area is 153 Å². The Balaban J connectivity index is 0.00000182. The molecule has 0 aliphatic carbocycles. The van der Waals surface area contributed by atoms with Crippen molar-refractivity contribution in [2.45, 2.75) is 38.0 Å². The SMILES string of the molecule is Cl.O=C(c1occc1COc1ccccc1)N1C2CCNCC1CC2. The van der Waals surface area contributed by atoms with Gasteiger partial charge in [-0.2, -0.15) is 0 Å². The number of carbonyl (C=O) groups is 1. The van der Waals surface area contributed by atoms with E-state index in [4.69, 9.17) is 9.15 Å². The number of hydrogen-bond acceptors (Lipinski definition) is 4. The van der Waals surface area contributed by atoms with Crippen LogP contribution in [0, 0.1) is 0 Å². The molecular weight excluding hydrogens is 340 g/mol. The summed E-state index contributed by atoms with van der Waals surface area (Å²) in [4.78, 5) is 15.1. The number of furan rings is 1. The predicted octanol–water partition coefficient (Wildman–Crippen LogP) is 3.25. The maximum atomic E-state index is 13.1. The highest BCUT2D eigenvalue weighted by Gasteiger charge is 2.39. The molecule has 2 unspecified atom stereocenters. The Hall–Kier alpha value is -1.98. The first-order valence-corrected chi connectivity index (χ1v) is 8.60. The average Bonchev–Trinajstić information content (AvgIpc) is 3.16. The summed E-state index contributed by atoms with van der Waals surface area (Å²) in [6, 6.07) is 12.0. The van der Waals surface area contributed by atoms with Crippen LogP contribution in [0.1, 0.15) is 35.4 Å².